The van der Waals surface area contributed by atoms with Gasteiger partial charge in [0, 0.05) is 31.3 Å². The zero-order valence-corrected chi connectivity index (χ0v) is 14.3. The monoisotopic (exact) mass is 334 g/mol. The lowest BCUT2D eigenvalue weighted by atomic mass is 10.1. The molecule has 1 N–H and O–H groups in total. The molecule has 1 fully saturated rings. The van der Waals surface area contributed by atoms with Crippen molar-refractivity contribution in [3.63, 3.8) is 0 Å². The number of carbonyl (C=O) groups is 2. The van der Waals surface area contributed by atoms with E-state index in [4.69, 9.17) is 0 Å². The third kappa shape index (κ3) is 5.05. The lowest BCUT2D eigenvalue weighted by Crippen LogP contribution is -2.25. The molecule has 2 amide bonds. The fourth-order valence-electron chi connectivity index (χ4n) is 2.47. The van der Waals surface area contributed by atoms with Crippen LogP contribution in [0.2, 0.25) is 0 Å². The van der Waals surface area contributed by atoms with Gasteiger partial charge in [-0.25, -0.2) is 0 Å². The van der Waals surface area contributed by atoms with Crippen LogP contribution in [0.3, 0.4) is 0 Å². The lowest BCUT2D eigenvalue weighted by Gasteiger charge is -2.15. The Balaban J connectivity index is 1.55. The summed E-state index contributed by atoms with van der Waals surface area (Å²) in [5.74, 6) is -0.0869. The first-order valence-corrected chi connectivity index (χ1v) is 8.50. The highest BCUT2D eigenvalue weighted by molar-refractivity contribution is 5.95. The molecule has 25 heavy (non-hydrogen) atoms. The van der Waals surface area contributed by atoms with Crippen LogP contribution >= 0.6 is 0 Å². The van der Waals surface area contributed by atoms with Crippen LogP contribution in [0.1, 0.15) is 34.3 Å². The fourth-order valence-corrected chi connectivity index (χ4v) is 2.47. The van der Waals surface area contributed by atoms with E-state index in [9.17, 15) is 9.59 Å². The molecule has 1 aliphatic rings. The van der Waals surface area contributed by atoms with Gasteiger partial charge in [0.1, 0.15) is 0 Å². The summed E-state index contributed by atoms with van der Waals surface area (Å²) >= 11 is 0. The molecule has 0 atom stereocenters. The zero-order chi connectivity index (χ0) is 17.6. The van der Waals surface area contributed by atoms with Crippen LogP contribution in [-0.2, 0) is 11.3 Å². The molecule has 4 heteroatoms. The molecule has 0 bridgehead atoms. The van der Waals surface area contributed by atoms with E-state index in [1.807, 2.05) is 42.5 Å². The summed E-state index contributed by atoms with van der Waals surface area (Å²) in [4.78, 5) is 25.8. The SMILES string of the molecule is CN(Cc1ccccc1)C(=O)/C=C/c1ccc(C(=O)NC2CC2)cc1. The van der Waals surface area contributed by atoms with Gasteiger partial charge in [-0.05, 0) is 42.2 Å². The molecule has 1 saturated carbocycles. The number of amides is 2. The van der Waals surface area contributed by atoms with Crippen LogP contribution in [0.15, 0.2) is 60.7 Å². The normalized spacial score (nSPS) is 13.6. The second-order valence-electron chi connectivity index (χ2n) is 6.38. The molecule has 0 unspecified atom stereocenters. The molecule has 0 heterocycles. The lowest BCUT2D eigenvalue weighted by molar-refractivity contribution is -0.125. The molecule has 4 nitrogen and oxygen atoms in total. The second kappa shape index (κ2) is 7.79. The Bertz CT molecular complexity index is 762. The largest absolute Gasteiger partial charge is 0.349 e. The Morgan fingerprint density at radius 2 is 1.76 bits per heavy atom. The van der Waals surface area contributed by atoms with Gasteiger partial charge >= 0.3 is 0 Å². The predicted molar refractivity (Wildman–Crippen MR) is 98.9 cm³/mol. The maximum absolute atomic E-state index is 12.2. The quantitative estimate of drug-likeness (QED) is 0.825. The first-order chi connectivity index (χ1) is 12.1. The minimum absolute atomic E-state index is 0.0308. The van der Waals surface area contributed by atoms with Crippen molar-refractivity contribution in [2.45, 2.75) is 25.4 Å². The summed E-state index contributed by atoms with van der Waals surface area (Å²) in [7, 11) is 1.78. The molecule has 128 valence electrons. The third-order valence-electron chi connectivity index (χ3n) is 4.14. The number of likely N-dealkylation sites (N-methyl/N-ethyl adjacent to an activating group) is 1. The third-order valence-corrected chi connectivity index (χ3v) is 4.14. The molecular weight excluding hydrogens is 312 g/mol. The molecule has 1 aliphatic carbocycles. The first kappa shape index (κ1) is 17.0. The number of rotatable bonds is 6. The Labute approximate surface area is 148 Å². The van der Waals surface area contributed by atoms with Crippen LogP contribution in [0, 0.1) is 0 Å². The maximum atomic E-state index is 12.2. The highest BCUT2D eigenvalue weighted by Crippen LogP contribution is 2.19. The number of hydrogen-bond acceptors (Lipinski definition) is 2. The molecule has 2 aromatic carbocycles. The van der Waals surface area contributed by atoms with Crippen molar-refractivity contribution < 1.29 is 9.59 Å². The van der Waals surface area contributed by atoms with Crippen molar-refractivity contribution in [3.8, 4) is 0 Å². The van der Waals surface area contributed by atoms with E-state index in [-0.39, 0.29) is 11.8 Å². The van der Waals surface area contributed by atoms with E-state index >= 15 is 0 Å². The van der Waals surface area contributed by atoms with E-state index in [1.54, 1.807) is 36.2 Å². The summed E-state index contributed by atoms with van der Waals surface area (Å²) in [5, 5.41) is 2.96. The highest BCUT2D eigenvalue weighted by atomic mass is 16.2. The average Bonchev–Trinajstić information content (AvgIpc) is 3.45. The maximum Gasteiger partial charge on any atom is 0.251 e. The van der Waals surface area contributed by atoms with E-state index in [0.717, 1.165) is 24.0 Å². The molecule has 2 aromatic rings. The smallest absolute Gasteiger partial charge is 0.251 e. The topological polar surface area (TPSA) is 49.4 Å². The summed E-state index contributed by atoms with van der Waals surface area (Å²) in [6.07, 6.45) is 5.48. The molecule has 0 aromatic heterocycles. The van der Waals surface area contributed by atoms with Gasteiger partial charge in [0.25, 0.3) is 5.91 Å². The van der Waals surface area contributed by atoms with E-state index < -0.39 is 0 Å². The Morgan fingerprint density at radius 3 is 2.40 bits per heavy atom. The number of benzene rings is 2. The molecule has 0 aliphatic heterocycles. The average molecular weight is 334 g/mol. The number of hydrogen-bond donors (Lipinski definition) is 1. The van der Waals surface area contributed by atoms with Crippen LogP contribution < -0.4 is 5.32 Å². The summed E-state index contributed by atoms with van der Waals surface area (Å²) in [5.41, 5.74) is 2.64. The van der Waals surface area contributed by atoms with Crippen molar-refractivity contribution >= 4 is 17.9 Å². The minimum Gasteiger partial charge on any atom is -0.349 e. The molecule has 3 rings (SSSR count). The highest BCUT2D eigenvalue weighted by Gasteiger charge is 2.23. The second-order valence-corrected chi connectivity index (χ2v) is 6.38. The summed E-state index contributed by atoms with van der Waals surface area (Å²) in [6.45, 7) is 0.574. The van der Waals surface area contributed by atoms with Gasteiger partial charge < -0.3 is 10.2 Å². The number of nitrogens with zero attached hydrogens (tertiary/aromatic N) is 1. The minimum atomic E-state index is -0.0561. The molecule has 0 saturated heterocycles. The van der Waals surface area contributed by atoms with E-state index in [0.29, 0.717) is 18.2 Å². The van der Waals surface area contributed by atoms with E-state index in [2.05, 4.69) is 5.32 Å². The molecule has 0 radical (unpaired) electrons. The van der Waals surface area contributed by atoms with Crippen LogP contribution in [0.5, 0.6) is 0 Å². The van der Waals surface area contributed by atoms with Gasteiger partial charge in [-0.15, -0.1) is 0 Å². The zero-order valence-electron chi connectivity index (χ0n) is 14.3. The van der Waals surface area contributed by atoms with Gasteiger partial charge in [-0.1, -0.05) is 42.5 Å². The van der Waals surface area contributed by atoms with Crippen LogP contribution in [-0.4, -0.2) is 29.8 Å². The van der Waals surface area contributed by atoms with Crippen molar-refractivity contribution in [3.05, 3.63) is 77.4 Å². The number of carbonyl (C=O) groups excluding carboxylic acids is 2. The van der Waals surface area contributed by atoms with Gasteiger partial charge in [0.05, 0.1) is 0 Å². The van der Waals surface area contributed by atoms with Gasteiger partial charge in [-0.2, -0.15) is 0 Å². The van der Waals surface area contributed by atoms with Gasteiger partial charge in [0.2, 0.25) is 5.91 Å². The van der Waals surface area contributed by atoms with Crippen LogP contribution in [0.4, 0.5) is 0 Å². The predicted octanol–water partition coefficient (Wildman–Crippen LogP) is 3.25. The Hall–Kier alpha value is -2.88. The Kier molecular flexibility index (Phi) is 5.29. The van der Waals surface area contributed by atoms with Crippen molar-refractivity contribution in [1.29, 1.82) is 0 Å². The number of nitrogens with one attached hydrogen (secondary N) is 1. The fraction of sp³-hybridized carbons (Fsp3) is 0.238. The van der Waals surface area contributed by atoms with Gasteiger partial charge in [0.15, 0.2) is 0 Å². The molecule has 0 spiro atoms. The van der Waals surface area contributed by atoms with Gasteiger partial charge in [-0.3, -0.25) is 9.59 Å². The standard InChI is InChI=1S/C21H22N2O2/c1-23(15-17-5-3-2-4-6-17)20(24)14-9-16-7-10-18(11-8-16)21(25)22-19-12-13-19/h2-11,14,19H,12-13,15H2,1H3,(H,22,25)/b14-9+. The van der Waals surface area contributed by atoms with Crippen molar-refractivity contribution in [2.24, 2.45) is 0 Å². The molecular formula is C21H22N2O2. The Morgan fingerprint density at radius 1 is 1.08 bits per heavy atom. The first-order valence-electron chi connectivity index (χ1n) is 8.50. The van der Waals surface area contributed by atoms with E-state index in [1.165, 1.54) is 0 Å². The van der Waals surface area contributed by atoms with Crippen molar-refractivity contribution in [2.75, 3.05) is 7.05 Å². The summed E-state index contributed by atoms with van der Waals surface area (Å²) < 4.78 is 0. The summed E-state index contributed by atoms with van der Waals surface area (Å²) in [6, 6.07) is 17.5. The van der Waals surface area contributed by atoms with Crippen LogP contribution in [0.25, 0.3) is 6.08 Å². The van der Waals surface area contributed by atoms with Crippen molar-refractivity contribution in [1.82, 2.24) is 10.2 Å².